The van der Waals surface area contributed by atoms with Crippen molar-refractivity contribution in [2.24, 2.45) is 0 Å². The van der Waals surface area contributed by atoms with E-state index < -0.39 is 0 Å². The summed E-state index contributed by atoms with van der Waals surface area (Å²) >= 11 is 0. The Morgan fingerprint density at radius 3 is 2.47 bits per heavy atom. The van der Waals surface area contributed by atoms with Crippen molar-refractivity contribution in [1.82, 2.24) is 4.98 Å². The summed E-state index contributed by atoms with van der Waals surface area (Å²) in [5.74, 6) is 1.18. The highest BCUT2D eigenvalue weighted by atomic mass is 16.5. The molecule has 3 nitrogen and oxygen atoms in total. The van der Waals surface area contributed by atoms with Crippen molar-refractivity contribution in [3.8, 4) is 17.7 Å². The summed E-state index contributed by atoms with van der Waals surface area (Å²) in [6, 6.07) is 13.1. The van der Waals surface area contributed by atoms with Crippen LogP contribution in [0.2, 0.25) is 0 Å². The Balaban J connectivity index is 2.28. The van der Waals surface area contributed by atoms with Gasteiger partial charge in [0.15, 0.2) is 0 Å². The summed E-state index contributed by atoms with van der Waals surface area (Å²) in [5.41, 5.74) is 2.62. The molecule has 0 N–H and O–H groups in total. The van der Waals surface area contributed by atoms with E-state index in [1.165, 1.54) is 0 Å². The zero-order valence-corrected chi connectivity index (χ0v) is 9.77. The second kappa shape index (κ2) is 4.67. The van der Waals surface area contributed by atoms with Crippen molar-refractivity contribution >= 4 is 0 Å². The van der Waals surface area contributed by atoms with Crippen molar-refractivity contribution in [2.75, 3.05) is 0 Å². The van der Waals surface area contributed by atoms with Crippen LogP contribution >= 0.6 is 0 Å². The van der Waals surface area contributed by atoms with Gasteiger partial charge in [-0.3, -0.25) is 0 Å². The van der Waals surface area contributed by atoms with Gasteiger partial charge >= 0.3 is 0 Å². The lowest BCUT2D eigenvalue weighted by Gasteiger charge is -2.06. The summed E-state index contributed by atoms with van der Waals surface area (Å²) in [6.07, 6.45) is 0. The van der Waals surface area contributed by atoms with E-state index in [0.717, 1.165) is 16.9 Å². The molecular formula is C14H12N2O. The molecule has 0 aliphatic heterocycles. The Bertz CT molecular complexity index is 565. The first-order valence-corrected chi connectivity index (χ1v) is 5.31. The van der Waals surface area contributed by atoms with Crippen LogP contribution in [-0.2, 0) is 0 Å². The molecule has 0 amide bonds. The lowest BCUT2D eigenvalue weighted by molar-refractivity contribution is 0.461. The Morgan fingerprint density at radius 1 is 1.12 bits per heavy atom. The number of rotatable bonds is 2. The molecule has 1 aromatic carbocycles. The van der Waals surface area contributed by atoms with E-state index in [0.29, 0.717) is 11.6 Å². The maximum atomic E-state index is 8.75. The van der Waals surface area contributed by atoms with Crippen LogP contribution in [0.15, 0.2) is 36.4 Å². The van der Waals surface area contributed by atoms with Gasteiger partial charge in [0.05, 0.1) is 0 Å². The van der Waals surface area contributed by atoms with E-state index in [2.05, 4.69) is 11.1 Å². The van der Waals surface area contributed by atoms with Crippen LogP contribution in [0.4, 0.5) is 0 Å². The average molecular weight is 224 g/mol. The van der Waals surface area contributed by atoms with Gasteiger partial charge in [0.1, 0.15) is 17.5 Å². The number of benzene rings is 1. The van der Waals surface area contributed by atoms with Crippen molar-refractivity contribution in [1.29, 1.82) is 5.26 Å². The molecule has 0 radical (unpaired) electrons. The predicted molar refractivity (Wildman–Crippen MR) is 64.9 cm³/mol. The van der Waals surface area contributed by atoms with Crippen LogP contribution in [0, 0.1) is 25.2 Å². The van der Waals surface area contributed by atoms with Crippen LogP contribution < -0.4 is 4.74 Å². The Morgan fingerprint density at radius 2 is 1.82 bits per heavy atom. The second-order valence-electron chi connectivity index (χ2n) is 3.90. The van der Waals surface area contributed by atoms with Gasteiger partial charge < -0.3 is 4.74 Å². The molecule has 84 valence electrons. The minimum Gasteiger partial charge on any atom is -0.439 e. The molecule has 0 atom stereocenters. The van der Waals surface area contributed by atoms with Crippen LogP contribution in [0.25, 0.3) is 0 Å². The van der Waals surface area contributed by atoms with E-state index in [-0.39, 0.29) is 0 Å². The van der Waals surface area contributed by atoms with Gasteiger partial charge in [-0.15, -0.1) is 0 Å². The number of nitriles is 1. The van der Waals surface area contributed by atoms with Gasteiger partial charge in [-0.05, 0) is 43.2 Å². The molecule has 0 fully saturated rings. The number of aromatic nitrogens is 1. The lowest BCUT2D eigenvalue weighted by atomic mass is 10.1. The molecule has 1 aromatic heterocycles. The van der Waals surface area contributed by atoms with E-state index in [4.69, 9.17) is 10.00 Å². The maximum absolute atomic E-state index is 8.75. The molecule has 0 aliphatic carbocycles. The minimum atomic E-state index is 0.354. The van der Waals surface area contributed by atoms with Crippen LogP contribution in [0.3, 0.4) is 0 Å². The standard InChI is InChI=1S/C14H12N2O/c1-10-6-11(2)8-13(7-10)17-14-5-3-4-12(9-15)16-14/h3-8H,1-2H3. The highest BCUT2D eigenvalue weighted by molar-refractivity contribution is 5.36. The molecule has 3 heteroatoms. The molecule has 1 heterocycles. The first-order chi connectivity index (χ1) is 8.17. The fourth-order valence-corrected chi connectivity index (χ4v) is 1.65. The van der Waals surface area contributed by atoms with Gasteiger partial charge in [0.2, 0.25) is 5.88 Å². The van der Waals surface area contributed by atoms with Crippen LogP contribution in [-0.4, -0.2) is 4.98 Å². The first-order valence-electron chi connectivity index (χ1n) is 5.31. The molecule has 0 bridgehead atoms. The molecule has 0 spiro atoms. The first kappa shape index (κ1) is 11.2. The number of nitrogens with zero attached hydrogens (tertiary/aromatic N) is 2. The maximum Gasteiger partial charge on any atom is 0.220 e. The van der Waals surface area contributed by atoms with Gasteiger partial charge in [0.25, 0.3) is 0 Å². The summed E-state index contributed by atoms with van der Waals surface area (Å²) < 4.78 is 5.62. The van der Waals surface area contributed by atoms with E-state index in [1.54, 1.807) is 18.2 Å². The van der Waals surface area contributed by atoms with Gasteiger partial charge in [-0.1, -0.05) is 12.1 Å². The normalized spacial score (nSPS) is 9.71. The van der Waals surface area contributed by atoms with E-state index in [9.17, 15) is 0 Å². The third-order valence-electron chi connectivity index (χ3n) is 2.26. The Hall–Kier alpha value is -2.34. The Kier molecular flexibility index (Phi) is 3.06. The fourth-order valence-electron chi connectivity index (χ4n) is 1.65. The van der Waals surface area contributed by atoms with Crippen molar-refractivity contribution in [2.45, 2.75) is 13.8 Å². The molecule has 2 rings (SSSR count). The minimum absolute atomic E-state index is 0.354. The quantitative estimate of drug-likeness (QED) is 0.785. The molecule has 2 aromatic rings. The summed E-state index contributed by atoms with van der Waals surface area (Å²) in [7, 11) is 0. The van der Waals surface area contributed by atoms with Gasteiger partial charge in [-0.25, -0.2) is 4.98 Å². The molecule has 0 saturated heterocycles. The Labute approximate surface area is 100 Å². The number of hydrogen-bond donors (Lipinski definition) is 0. The third-order valence-corrected chi connectivity index (χ3v) is 2.26. The summed E-state index contributed by atoms with van der Waals surface area (Å²) in [5, 5.41) is 8.75. The lowest BCUT2D eigenvalue weighted by Crippen LogP contribution is -1.91. The fraction of sp³-hybridized carbons (Fsp3) is 0.143. The van der Waals surface area contributed by atoms with Gasteiger partial charge in [-0.2, -0.15) is 5.26 Å². The topological polar surface area (TPSA) is 45.9 Å². The highest BCUT2D eigenvalue weighted by Crippen LogP contribution is 2.22. The number of hydrogen-bond acceptors (Lipinski definition) is 3. The SMILES string of the molecule is Cc1cc(C)cc(Oc2cccc(C#N)n2)c1. The van der Waals surface area contributed by atoms with Crippen LogP contribution in [0.1, 0.15) is 16.8 Å². The highest BCUT2D eigenvalue weighted by Gasteiger charge is 2.01. The zero-order chi connectivity index (χ0) is 12.3. The third kappa shape index (κ3) is 2.82. The predicted octanol–water partition coefficient (Wildman–Crippen LogP) is 3.36. The zero-order valence-electron chi connectivity index (χ0n) is 9.77. The number of aryl methyl sites for hydroxylation is 2. The van der Waals surface area contributed by atoms with Crippen molar-refractivity contribution < 1.29 is 4.74 Å². The molecule has 0 saturated carbocycles. The monoisotopic (exact) mass is 224 g/mol. The van der Waals surface area contributed by atoms with Gasteiger partial charge in [0, 0.05) is 6.07 Å². The van der Waals surface area contributed by atoms with Crippen molar-refractivity contribution in [3.63, 3.8) is 0 Å². The molecular weight excluding hydrogens is 212 g/mol. The summed E-state index contributed by atoms with van der Waals surface area (Å²) in [4.78, 5) is 4.06. The van der Waals surface area contributed by atoms with Crippen LogP contribution in [0.5, 0.6) is 11.6 Å². The van der Waals surface area contributed by atoms with E-state index in [1.807, 2.05) is 32.0 Å². The largest absolute Gasteiger partial charge is 0.439 e. The van der Waals surface area contributed by atoms with Crippen molar-refractivity contribution in [3.05, 3.63) is 53.2 Å². The number of ether oxygens (including phenoxy) is 1. The smallest absolute Gasteiger partial charge is 0.220 e. The average Bonchev–Trinajstić information content (AvgIpc) is 2.28. The molecule has 17 heavy (non-hydrogen) atoms. The molecule has 0 aliphatic rings. The molecule has 0 unspecified atom stereocenters. The van der Waals surface area contributed by atoms with E-state index >= 15 is 0 Å². The second-order valence-corrected chi connectivity index (χ2v) is 3.90. The summed E-state index contributed by atoms with van der Waals surface area (Å²) in [6.45, 7) is 4.03. The number of pyridine rings is 1.